The Morgan fingerprint density at radius 2 is 0.867 bits per heavy atom. The van der Waals surface area contributed by atoms with Crippen molar-refractivity contribution in [2.24, 2.45) is 23.7 Å². The van der Waals surface area contributed by atoms with E-state index in [1.54, 1.807) is 0 Å². The van der Waals surface area contributed by atoms with E-state index in [0.29, 0.717) is 0 Å². The summed E-state index contributed by atoms with van der Waals surface area (Å²) in [5, 5.41) is 0. The fourth-order valence-corrected chi connectivity index (χ4v) is 3.00. The Morgan fingerprint density at radius 1 is 0.600 bits per heavy atom. The molecule has 0 aromatic carbocycles. The first-order chi connectivity index (χ1) is 6.90. The average Bonchev–Trinajstić information content (AvgIpc) is 3.01. The molecule has 4 atom stereocenters. The van der Waals surface area contributed by atoms with Crippen LogP contribution in [0.3, 0.4) is 0 Å². The molecule has 2 fully saturated rings. The Hall–Kier alpha value is 0.103. The van der Waals surface area contributed by atoms with Gasteiger partial charge >= 0.3 is 19.5 Å². The molecule has 4 aliphatic rings. The van der Waals surface area contributed by atoms with Crippen LogP contribution >= 0.6 is 0 Å². The van der Waals surface area contributed by atoms with E-state index in [0.717, 1.165) is 23.7 Å². The second-order valence-electron chi connectivity index (χ2n) is 4.96. The fraction of sp³-hybridized carbons (Fsp3) is 0.571. The molecule has 1 heteroatoms. The maximum absolute atomic E-state index is 2.44. The molecule has 4 aliphatic carbocycles. The summed E-state index contributed by atoms with van der Waals surface area (Å²) in [4.78, 5) is 0. The first-order valence-corrected chi connectivity index (χ1v) is 5.97. The van der Waals surface area contributed by atoms with Crippen molar-refractivity contribution in [1.82, 2.24) is 0 Å². The predicted molar refractivity (Wildman–Crippen MR) is 59.3 cm³/mol. The molecule has 76 valence electrons. The maximum Gasteiger partial charge on any atom is 2.00 e. The van der Waals surface area contributed by atoms with Gasteiger partial charge < -0.3 is 12.8 Å². The summed E-state index contributed by atoms with van der Waals surface area (Å²) in [6, 6.07) is 0. The van der Waals surface area contributed by atoms with Gasteiger partial charge in [0.1, 0.15) is 0 Å². The maximum atomic E-state index is 2.44. The van der Waals surface area contributed by atoms with E-state index in [2.05, 4.69) is 37.1 Å². The molecule has 0 nitrogen and oxygen atoms in total. The summed E-state index contributed by atoms with van der Waals surface area (Å²) in [6.07, 6.45) is 19.9. The monoisotopic (exact) mass is 250 g/mol. The minimum atomic E-state index is 0. The van der Waals surface area contributed by atoms with Crippen molar-refractivity contribution in [3.8, 4) is 0 Å². The van der Waals surface area contributed by atoms with Crippen LogP contribution in [0.4, 0.5) is 0 Å². The normalized spacial score (nSPS) is 42.7. The summed E-state index contributed by atoms with van der Waals surface area (Å²) in [7, 11) is 0. The minimum absolute atomic E-state index is 0. The third kappa shape index (κ3) is 2.62. The number of rotatable bonds is 0. The number of hydrogen-bond donors (Lipinski definition) is 0. The van der Waals surface area contributed by atoms with Gasteiger partial charge in [-0.3, -0.25) is 0 Å². The van der Waals surface area contributed by atoms with Crippen LogP contribution in [-0.2, 0) is 19.5 Å². The third-order valence-corrected chi connectivity index (χ3v) is 3.87. The molecule has 0 radical (unpaired) electrons. The van der Waals surface area contributed by atoms with Crippen LogP contribution in [0.2, 0.25) is 0 Å². The SMILES string of the molecule is C1=CC2[CH-]C1CC2.C1=CC2[CH-]C1CC2.[Zn+2]. The van der Waals surface area contributed by atoms with Gasteiger partial charge in [-0.1, -0.05) is 25.7 Å². The zero-order valence-corrected chi connectivity index (χ0v) is 12.3. The second-order valence-corrected chi connectivity index (χ2v) is 4.96. The molecular weight excluding hydrogens is 234 g/mol. The molecule has 0 aromatic heterocycles. The summed E-state index contributed by atoms with van der Waals surface area (Å²) < 4.78 is 0. The quantitative estimate of drug-likeness (QED) is 0.351. The first kappa shape index (κ1) is 11.6. The first-order valence-electron chi connectivity index (χ1n) is 5.97. The Morgan fingerprint density at radius 3 is 0.933 bits per heavy atom. The van der Waals surface area contributed by atoms with Gasteiger partial charge in [0.15, 0.2) is 0 Å². The molecule has 4 bridgehead atoms. The van der Waals surface area contributed by atoms with Gasteiger partial charge in [0.05, 0.1) is 0 Å². The number of allylic oxidation sites excluding steroid dienone is 4. The van der Waals surface area contributed by atoms with E-state index in [1.165, 1.54) is 25.7 Å². The molecule has 0 amide bonds. The topological polar surface area (TPSA) is 0 Å². The zero-order valence-electron chi connectivity index (χ0n) is 9.31. The van der Waals surface area contributed by atoms with Crippen LogP contribution in [0.1, 0.15) is 25.7 Å². The van der Waals surface area contributed by atoms with Crippen molar-refractivity contribution in [2.45, 2.75) is 25.7 Å². The van der Waals surface area contributed by atoms with Gasteiger partial charge in [-0.25, -0.2) is 0 Å². The van der Waals surface area contributed by atoms with E-state index >= 15 is 0 Å². The largest absolute Gasteiger partial charge is 2.00 e. The molecule has 2 saturated carbocycles. The van der Waals surface area contributed by atoms with Crippen molar-refractivity contribution < 1.29 is 19.5 Å². The van der Waals surface area contributed by atoms with Gasteiger partial charge in [-0.05, 0) is 0 Å². The van der Waals surface area contributed by atoms with E-state index in [4.69, 9.17) is 0 Å². The Kier molecular flexibility index (Phi) is 3.83. The molecular formula is C14H18Zn. The second kappa shape index (κ2) is 4.96. The van der Waals surface area contributed by atoms with E-state index in [1.807, 2.05) is 0 Å². The average molecular weight is 252 g/mol. The summed E-state index contributed by atoms with van der Waals surface area (Å²) in [5.41, 5.74) is 0. The summed E-state index contributed by atoms with van der Waals surface area (Å²) in [6.45, 7) is 0. The standard InChI is InChI=1S/2C7H9.Zn/c2*1-2-7-4-3-6(1)5-7;/h2*1-2,5-7H,3-4H2;/q2*-1;+2. The van der Waals surface area contributed by atoms with Crippen molar-refractivity contribution >= 4 is 0 Å². The number of hydrogen-bond acceptors (Lipinski definition) is 0. The summed E-state index contributed by atoms with van der Waals surface area (Å²) in [5.74, 6) is 3.46. The van der Waals surface area contributed by atoms with Crippen LogP contribution in [0, 0.1) is 36.5 Å². The van der Waals surface area contributed by atoms with Gasteiger partial charge in [-0.2, -0.15) is 0 Å². The molecule has 0 N–H and O–H groups in total. The summed E-state index contributed by atoms with van der Waals surface area (Å²) >= 11 is 0. The zero-order chi connectivity index (χ0) is 9.38. The van der Waals surface area contributed by atoms with Crippen LogP contribution in [-0.4, -0.2) is 0 Å². The molecule has 4 unspecified atom stereocenters. The smallest absolute Gasteiger partial charge is 0.315 e. The Balaban J connectivity index is 0.000000107. The van der Waals surface area contributed by atoms with Crippen molar-refractivity contribution in [3.63, 3.8) is 0 Å². The molecule has 0 spiro atoms. The minimum Gasteiger partial charge on any atom is -0.315 e. The third-order valence-electron chi connectivity index (χ3n) is 3.87. The van der Waals surface area contributed by atoms with Gasteiger partial charge in [0.2, 0.25) is 0 Å². The molecule has 0 saturated heterocycles. The fourth-order valence-electron chi connectivity index (χ4n) is 3.00. The molecule has 0 aliphatic heterocycles. The number of fused-ring (bicyclic) bond motifs is 4. The van der Waals surface area contributed by atoms with Gasteiger partial charge in [-0.15, -0.1) is 48.0 Å². The van der Waals surface area contributed by atoms with Crippen LogP contribution in [0.25, 0.3) is 0 Å². The molecule has 15 heavy (non-hydrogen) atoms. The van der Waals surface area contributed by atoms with Gasteiger partial charge in [0, 0.05) is 0 Å². The van der Waals surface area contributed by atoms with Crippen LogP contribution < -0.4 is 0 Å². The molecule has 4 rings (SSSR count). The van der Waals surface area contributed by atoms with Crippen molar-refractivity contribution in [3.05, 3.63) is 37.1 Å². The Labute approximate surface area is 106 Å². The Bertz CT molecular complexity index is 215. The van der Waals surface area contributed by atoms with Crippen LogP contribution in [0.5, 0.6) is 0 Å². The molecule has 0 heterocycles. The van der Waals surface area contributed by atoms with Crippen molar-refractivity contribution in [1.29, 1.82) is 0 Å². The van der Waals surface area contributed by atoms with Gasteiger partial charge in [0.25, 0.3) is 0 Å². The van der Waals surface area contributed by atoms with E-state index in [-0.39, 0.29) is 19.5 Å². The van der Waals surface area contributed by atoms with E-state index in [9.17, 15) is 0 Å². The predicted octanol–water partition coefficient (Wildman–Crippen LogP) is 3.57. The molecule has 0 aromatic rings. The van der Waals surface area contributed by atoms with E-state index < -0.39 is 0 Å². The van der Waals surface area contributed by atoms with Crippen molar-refractivity contribution in [2.75, 3.05) is 0 Å². The van der Waals surface area contributed by atoms with Crippen LogP contribution in [0.15, 0.2) is 24.3 Å².